The second kappa shape index (κ2) is 4.75. The summed E-state index contributed by atoms with van der Waals surface area (Å²) in [6, 6.07) is 0.158. The first-order chi connectivity index (χ1) is 6.57. The minimum atomic E-state index is -0.0808. The van der Waals surface area contributed by atoms with Gasteiger partial charge in [0.2, 0.25) is 5.91 Å². The molecule has 0 saturated carbocycles. The van der Waals surface area contributed by atoms with Gasteiger partial charge in [0.25, 0.3) is 0 Å². The SMILES string of the molecule is CC(CN)C(=O)N1CCOC(C)C1C. The molecule has 1 fully saturated rings. The maximum Gasteiger partial charge on any atom is 0.227 e. The number of hydrogen-bond donors (Lipinski definition) is 1. The molecule has 1 amide bonds. The van der Waals surface area contributed by atoms with Gasteiger partial charge in [0.05, 0.1) is 18.8 Å². The predicted molar refractivity (Wildman–Crippen MR) is 54.8 cm³/mol. The lowest BCUT2D eigenvalue weighted by Gasteiger charge is -2.39. The zero-order valence-electron chi connectivity index (χ0n) is 9.19. The molecular weight excluding hydrogens is 180 g/mol. The average molecular weight is 200 g/mol. The molecule has 1 aliphatic rings. The number of ether oxygens (including phenoxy) is 1. The molecule has 3 unspecified atom stereocenters. The van der Waals surface area contributed by atoms with Crippen LogP contribution in [0.1, 0.15) is 20.8 Å². The summed E-state index contributed by atoms with van der Waals surface area (Å²) in [4.78, 5) is 13.8. The largest absolute Gasteiger partial charge is 0.375 e. The lowest BCUT2D eigenvalue weighted by Crippen LogP contribution is -2.53. The van der Waals surface area contributed by atoms with Crippen LogP contribution in [-0.2, 0) is 9.53 Å². The summed E-state index contributed by atoms with van der Waals surface area (Å²) in [5, 5.41) is 0. The van der Waals surface area contributed by atoms with Crippen LogP contribution >= 0.6 is 0 Å². The van der Waals surface area contributed by atoms with Crippen molar-refractivity contribution in [1.82, 2.24) is 4.90 Å². The fraction of sp³-hybridized carbons (Fsp3) is 0.900. The van der Waals surface area contributed by atoms with Gasteiger partial charge in [0.1, 0.15) is 0 Å². The average Bonchev–Trinajstić information content (AvgIpc) is 2.20. The van der Waals surface area contributed by atoms with Crippen LogP contribution in [0.5, 0.6) is 0 Å². The Morgan fingerprint density at radius 1 is 1.64 bits per heavy atom. The molecule has 0 bridgehead atoms. The molecule has 1 aliphatic heterocycles. The summed E-state index contributed by atoms with van der Waals surface area (Å²) in [5.74, 6) is 0.0675. The fourth-order valence-corrected chi connectivity index (χ4v) is 1.63. The Morgan fingerprint density at radius 3 is 2.86 bits per heavy atom. The molecule has 82 valence electrons. The van der Waals surface area contributed by atoms with E-state index in [9.17, 15) is 4.79 Å². The van der Waals surface area contributed by atoms with Crippen molar-refractivity contribution in [3.63, 3.8) is 0 Å². The number of carbonyl (C=O) groups is 1. The third-order valence-corrected chi connectivity index (χ3v) is 2.94. The summed E-state index contributed by atoms with van der Waals surface area (Å²) in [6.07, 6.45) is 0.123. The molecule has 1 saturated heterocycles. The minimum absolute atomic E-state index is 0.0808. The Labute approximate surface area is 85.4 Å². The van der Waals surface area contributed by atoms with E-state index in [-0.39, 0.29) is 24.0 Å². The van der Waals surface area contributed by atoms with Crippen molar-refractivity contribution in [2.75, 3.05) is 19.7 Å². The Kier molecular flexibility index (Phi) is 3.89. The molecule has 14 heavy (non-hydrogen) atoms. The maximum absolute atomic E-state index is 11.9. The molecule has 0 aromatic heterocycles. The van der Waals surface area contributed by atoms with E-state index in [0.717, 1.165) is 0 Å². The molecule has 3 atom stereocenters. The second-order valence-electron chi connectivity index (χ2n) is 3.98. The van der Waals surface area contributed by atoms with Crippen LogP contribution in [0.4, 0.5) is 0 Å². The number of amides is 1. The van der Waals surface area contributed by atoms with Crippen LogP contribution in [0.3, 0.4) is 0 Å². The fourth-order valence-electron chi connectivity index (χ4n) is 1.63. The summed E-state index contributed by atoms with van der Waals surface area (Å²) < 4.78 is 5.46. The number of nitrogens with zero attached hydrogens (tertiary/aromatic N) is 1. The first kappa shape index (κ1) is 11.5. The second-order valence-corrected chi connectivity index (χ2v) is 3.98. The quantitative estimate of drug-likeness (QED) is 0.693. The number of hydrogen-bond acceptors (Lipinski definition) is 3. The molecule has 2 N–H and O–H groups in total. The van der Waals surface area contributed by atoms with Gasteiger partial charge in [0.15, 0.2) is 0 Å². The van der Waals surface area contributed by atoms with Gasteiger partial charge in [-0.1, -0.05) is 6.92 Å². The summed E-state index contributed by atoms with van der Waals surface area (Å²) in [5.41, 5.74) is 5.48. The van der Waals surface area contributed by atoms with Crippen LogP contribution in [0, 0.1) is 5.92 Å². The standard InChI is InChI=1S/C10H20N2O2/c1-7(6-11)10(13)12-4-5-14-9(3)8(12)2/h7-9H,4-6,11H2,1-3H3. The highest BCUT2D eigenvalue weighted by molar-refractivity contribution is 5.79. The third kappa shape index (κ3) is 2.25. The molecule has 0 spiro atoms. The van der Waals surface area contributed by atoms with E-state index in [4.69, 9.17) is 10.5 Å². The van der Waals surface area contributed by atoms with Gasteiger partial charge in [-0.15, -0.1) is 0 Å². The lowest BCUT2D eigenvalue weighted by molar-refractivity contribution is -0.147. The van der Waals surface area contributed by atoms with Gasteiger partial charge in [-0.2, -0.15) is 0 Å². The zero-order chi connectivity index (χ0) is 10.7. The smallest absolute Gasteiger partial charge is 0.227 e. The van der Waals surface area contributed by atoms with Crippen LogP contribution in [-0.4, -0.2) is 42.6 Å². The maximum atomic E-state index is 11.9. The van der Waals surface area contributed by atoms with Gasteiger partial charge in [-0.05, 0) is 13.8 Å². The van der Waals surface area contributed by atoms with Gasteiger partial charge >= 0.3 is 0 Å². The van der Waals surface area contributed by atoms with Crippen LogP contribution in [0.15, 0.2) is 0 Å². The zero-order valence-corrected chi connectivity index (χ0v) is 9.19. The Bertz CT molecular complexity index is 208. The topological polar surface area (TPSA) is 55.6 Å². The van der Waals surface area contributed by atoms with E-state index in [0.29, 0.717) is 19.7 Å². The molecule has 0 radical (unpaired) electrons. The summed E-state index contributed by atoms with van der Waals surface area (Å²) in [7, 11) is 0. The number of nitrogens with two attached hydrogens (primary N) is 1. The van der Waals surface area contributed by atoms with Crippen molar-refractivity contribution in [3.8, 4) is 0 Å². The molecule has 1 rings (SSSR count). The third-order valence-electron chi connectivity index (χ3n) is 2.94. The number of rotatable bonds is 2. The summed E-state index contributed by atoms with van der Waals surface area (Å²) >= 11 is 0. The van der Waals surface area contributed by atoms with Crippen molar-refractivity contribution in [2.45, 2.75) is 32.9 Å². The molecule has 0 aliphatic carbocycles. The van der Waals surface area contributed by atoms with Gasteiger partial charge in [0, 0.05) is 19.0 Å². The van der Waals surface area contributed by atoms with E-state index in [1.165, 1.54) is 0 Å². The highest BCUT2D eigenvalue weighted by atomic mass is 16.5. The van der Waals surface area contributed by atoms with Crippen LogP contribution in [0.25, 0.3) is 0 Å². The van der Waals surface area contributed by atoms with Gasteiger partial charge < -0.3 is 15.4 Å². The normalized spacial score (nSPS) is 30.1. The highest BCUT2D eigenvalue weighted by Crippen LogP contribution is 2.15. The highest BCUT2D eigenvalue weighted by Gasteiger charge is 2.30. The van der Waals surface area contributed by atoms with Crippen LogP contribution in [0.2, 0.25) is 0 Å². The Balaban J connectivity index is 2.62. The van der Waals surface area contributed by atoms with E-state index in [2.05, 4.69) is 0 Å². The van der Waals surface area contributed by atoms with Crippen LogP contribution < -0.4 is 5.73 Å². The van der Waals surface area contributed by atoms with E-state index < -0.39 is 0 Å². The monoisotopic (exact) mass is 200 g/mol. The van der Waals surface area contributed by atoms with Crippen molar-refractivity contribution < 1.29 is 9.53 Å². The van der Waals surface area contributed by atoms with Gasteiger partial charge in [-0.3, -0.25) is 4.79 Å². The van der Waals surface area contributed by atoms with E-state index in [1.54, 1.807) is 0 Å². The molecule has 1 heterocycles. The Hall–Kier alpha value is -0.610. The van der Waals surface area contributed by atoms with Crippen molar-refractivity contribution in [2.24, 2.45) is 11.7 Å². The molecule has 4 nitrogen and oxygen atoms in total. The molecule has 0 aromatic carbocycles. The van der Waals surface area contributed by atoms with E-state index >= 15 is 0 Å². The van der Waals surface area contributed by atoms with Crippen molar-refractivity contribution in [1.29, 1.82) is 0 Å². The van der Waals surface area contributed by atoms with Crippen molar-refractivity contribution >= 4 is 5.91 Å². The van der Waals surface area contributed by atoms with E-state index in [1.807, 2.05) is 25.7 Å². The molecular formula is C10H20N2O2. The number of morpholine rings is 1. The minimum Gasteiger partial charge on any atom is -0.375 e. The lowest BCUT2D eigenvalue weighted by atomic mass is 10.1. The number of carbonyl (C=O) groups excluding carboxylic acids is 1. The summed E-state index contributed by atoms with van der Waals surface area (Å²) in [6.45, 7) is 7.62. The Morgan fingerprint density at radius 2 is 2.29 bits per heavy atom. The first-order valence-corrected chi connectivity index (χ1v) is 5.20. The predicted octanol–water partition coefficient (Wildman–Crippen LogP) is 0.217. The first-order valence-electron chi connectivity index (χ1n) is 5.20. The molecule has 0 aromatic rings. The van der Waals surface area contributed by atoms with Gasteiger partial charge in [-0.25, -0.2) is 0 Å². The van der Waals surface area contributed by atoms with Crippen molar-refractivity contribution in [3.05, 3.63) is 0 Å². The molecule has 4 heteroatoms.